The maximum atomic E-state index is 14.1. The summed E-state index contributed by atoms with van der Waals surface area (Å²) in [5, 5.41) is 2.50. The van der Waals surface area contributed by atoms with Gasteiger partial charge in [0.25, 0.3) is 0 Å². The molecule has 2 aromatic carbocycles. The molecule has 0 radical (unpaired) electrons. The number of hydrogen-bond donors (Lipinski definition) is 1. The van der Waals surface area contributed by atoms with Gasteiger partial charge in [-0.15, -0.1) is 11.8 Å². The Morgan fingerprint density at radius 1 is 0.957 bits per heavy atom. The van der Waals surface area contributed by atoms with Crippen molar-refractivity contribution in [1.29, 1.82) is 0 Å². The van der Waals surface area contributed by atoms with Crippen molar-refractivity contribution in [2.24, 2.45) is 5.41 Å². The second-order valence-corrected chi connectivity index (χ2v) is 15.9. The zero-order chi connectivity index (χ0) is 32.6. The van der Waals surface area contributed by atoms with Gasteiger partial charge in [-0.3, -0.25) is 9.59 Å². The number of amides is 4. The second kappa shape index (κ2) is 13.5. The summed E-state index contributed by atoms with van der Waals surface area (Å²) in [6, 6.07) is 14.4. The standard InChI is InChI=1S/C36H50N6O3S/c1-25-9-8-11-28(32(25)40-21-19-38(5)20-22-40)34-41(18-15-36(2,3)4)33(44)30(46-34)23-31(43)39-16-13-27(14-17-39)42-24-26-10-6-7-12-29(26)37-35(42)45/h6-12,27,30,34H,13-24H2,1-5H3,(H,37,45). The Balaban J connectivity index is 1.14. The number of thioether (sulfide) groups is 1. The number of anilines is 2. The first-order valence-corrected chi connectivity index (χ1v) is 17.8. The average Bonchev–Trinajstić information content (AvgIpc) is 3.34. The predicted octanol–water partition coefficient (Wildman–Crippen LogP) is 5.55. The van der Waals surface area contributed by atoms with Crippen molar-refractivity contribution < 1.29 is 14.4 Å². The molecule has 0 spiro atoms. The van der Waals surface area contributed by atoms with Gasteiger partial charge < -0.3 is 29.8 Å². The Morgan fingerprint density at radius 3 is 2.39 bits per heavy atom. The number of benzene rings is 2. The summed E-state index contributed by atoms with van der Waals surface area (Å²) in [5.41, 5.74) is 5.76. The highest BCUT2D eigenvalue weighted by molar-refractivity contribution is 8.01. The molecule has 2 atom stereocenters. The van der Waals surface area contributed by atoms with Gasteiger partial charge >= 0.3 is 6.03 Å². The summed E-state index contributed by atoms with van der Waals surface area (Å²) in [5.74, 6) is 0.120. The number of piperidine rings is 1. The highest BCUT2D eigenvalue weighted by Gasteiger charge is 2.44. The van der Waals surface area contributed by atoms with Gasteiger partial charge in [0.2, 0.25) is 11.8 Å². The lowest BCUT2D eigenvalue weighted by atomic mass is 9.92. The van der Waals surface area contributed by atoms with Gasteiger partial charge in [-0.25, -0.2) is 4.79 Å². The Morgan fingerprint density at radius 2 is 1.67 bits per heavy atom. The number of carbonyl (C=O) groups excluding carboxylic acids is 3. The highest BCUT2D eigenvalue weighted by atomic mass is 32.2. The van der Waals surface area contributed by atoms with Gasteiger partial charge in [-0.2, -0.15) is 0 Å². The minimum Gasteiger partial charge on any atom is -0.368 e. The molecule has 4 aliphatic rings. The zero-order valence-corrected chi connectivity index (χ0v) is 28.9. The Bertz CT molecular complexity index is 1440. The van der Waals surface area contributed by atoms with Gasteiger partial charge in [0.05, 0.1) is 5.25 Å². The first-order valence-electron chi connectivity index (χ1n) is 16.9. The second-order valence-electron chi connectivity index (χ2n) is 14.7. The average molecular weight is 647 g/mol. The third-order valence-corrected chi connectivity index (χ3v) is 11.5. The van der Waals surface area contributed by atoms with Crippen LogP contribution in [0.4, 0.5) is 16.2 Å². The van der Waals surface area contributed by atoms with Crippen molar-refractivity contribution in [2.75, 3.05) is 63.1 Å². The number of hydrogen-bond acceptors (Lipinski definition) is 6. The van der Waals surface area contributed by atoms with Crippen LogP contribution in [0.1, 0.15) is 68.5 Å². The lowest BCUT2D eigenvalue weighted by Gasteiger charge is -2.40. The lowest BCUT2D eigenvalue weighted by molar-refractivity contribution is -0.137. The van der Waals surface area contributed by atoms with Crippen LogP contribution in [0.25, 0.3) is 0 Å². The van der Waals surface area contributed by atoms with E-state index in [9.17, 15) is 14.4 Å². The van der Waals surface area contributed by atoms with Crippen molar-refractivity contribution in [3.8, 4) is 0 Å². The van der Waals surface area contributed by atoms with Crippen LogP contribution in [-0.2, 0) is 16.1 Å². The van der Waals surface area contributed by atoms with Crippen LogP contribution in [-0.4, -0.2) is 102 Å². The lowest BCUT2D eigenvalue weighted by Crippen LogP contribution is -2.51. The molecular formula is C36H50N6O3S. The molecule has 9 nitrogen and oxygen atoms in total. The molecule has 6 rings (SSSR count). The van der Waals surface area contributed by atoms with E-state index in [1.807, 2.05) is 28.0 Å². The largest absolute Gasteiger partial charge is 0.368 e. The number of para-hydroxylation sites is 2. The first-order chi connectivity index (χ1) is 22.0. The van der Waals surface area contributed by atoms with Gasteiger partial charge in [0, 0.05) is 81.8 Å². The number of carbonyl (C=O) groups is 3. The first kappa shape index (κ1) is 32.7. The van der Waals surface area contributed by atoms with Crippen LogP contribution >= 0.6 is 11.8 Å². The SMILES string of the molecule is Cc1cccc(C2SC(CC(=O)N3CCC(N4Cc5ccccc5NC4=O)CC3)C(=O)N2CCC(C)(C)C)c1N1CCN(C)CC1. The summed E-state index contributed by atoms with van der Waals surface area (Å²) in [6.07, 6.45) is 2.59. The molecule has 3 saturated heterocycles. The number of aryl methyl sites for hydroxylation is 1. The molecule has 0 aliphatic carbocycles. The fourth-order valence-corrected chi connectivity index (χ4v) is 8.72. The van der Waals surface area contributed by atoms with Gasteiger partial charge in [0.1, 0.15) is 5.37 Å². The molecule has 2 aromatic rings. The molecule has 46 heavy (non-hydrogen) atoms. The molecular weight excluding hydrogens is 597 g/mol. The van der Waals surface area contributed by atoms with Gasteiger partial charge in [0.15, 0.2) is 0 Å². The maximum absolute atomic E-state index is 14.1. The Labute approximate surface area is 278 Å². The molecule has 0 saturated carbocycles. The molecule has 4 heterocycles. The van der Waals surface area contributed by atoms with Crippen molar-refractivity contribution >= 4 is 41.0 Å². The molecule has 4 amide bonds. The molecule has 0 aromatic heterocycles. The van der Waals surface area contributed by atoms with E-state index in [-0.39, 0.29) is 41.1 Å². The summed E-state index contributed by atoms with van der Waals surface area (Å²) >= 11 is 1.66. The Kier molecular flexibility index (Phi) is 9.57. The number of likely N-dealkylation sites (tertiary alicyclic amines) is 1. The van der Waals surface area contributed by atoms with Crippen LogP contribution in [0.15, 0.2) is 42.5 Å². The Hall–Kier alpha value is -3.24. The van der Waals surface area contributed by atoms with E-state index in [4.69, 9.17) is 0 Å². The normalized spacial score (nSPS) is 23.2. The summed E-state index contributed by atoms with van der Waals surface area (Å²) in [6.45, 7) is 15.3. The molecule has 3 fully saturated rings. The van der Waals surface area contributed by atoms with E-state index in [2.05, 4.69) is 79.0 Å². The summed E-state index contributed by atoms with van der Waals surface area (Å²) < 4.78 is 0. The third-order valence-electron chi connectivity index (χ3n) is 10.1. The quantitative estimate of drug-likeness (QED) is 0.425. The summed E-state index contributed by atoms with van der Waals surface area (Å²) in [4.78, 5) is 51.4. The number of piperazine rings is 1. The zero-order valence-electron chi connectivity index (χ0n) is 28.1. The number of likely N-dealkylation sites (N-methyl/N-ethyl adjacent to an activating group) is 1. The van der Waals surface area contributed by atoms with Crippen molar-refractivity contribution in [3.63, 3.8) is 0 Å². The van der Waals surface area contributed by atoms with Crippen LogP contribution in [0.5, 0.6) is 0 Å². The van der Waals surface area contributed by atoms with E-state index in [0.29, 0.717) is 26.2 Å². The minimum atomic E-state index is -0.402. The molecule has 10 heteroatoms. The molecule has 1 N–H and O–H groups in total. The van der Waals surface area contributed by atoms with Crippen LogP contribution < -0.4 is 10.2 Å². The van der Waals surface area contributed by atoms with Gasteiger partial charge in [-0.1, -0.05) is 57.2 Å². The van der Waals surface area contributed by atoms with Crippen LogP contribution in [0, 0.1) is 12.3 Å². The predicted molar refractivity (Wildman–Crippen MR) is 186 cm³/mol. The smallest absolute Gasteiger partial charge is 0.322 e. The molecule has 4 aliphatic heterocycles. The van der Waals surface area contributed by atoms with Crippen molar-refractivity contribution in [3.05, 3.63) is 59.2 Å². The van der Waals surface area contributed by atoms with E-state index < -0.39 is 5.25 Å². The van der Waals surface area contributed by atoms with Gasteiger partial charge in [-0.05, 0) is 55.8 Å². The van der Waals surface area contributed by atoms with Crippen molar-refractivity contribution in [2.45, 2.75) is 76.6 Å². The number of urea groups is 1. The third kappa shape index (κ3) is 7.03. The number of nitrogens with one attached hydrogen (secondary N) is 1. The number of rotatable bonds is 7. The van der Waals surface area contributed by atoms with E-state index in [1.165, 1.54) is 16.8 Å². The molecule has 2 unspecified atom stereocenters. The topological polar surface area (TPSA) is 79.4 Å². The minimum absolute atomic E-state index is 0.0395. The summed E-state index contributed by atoms with van der Waals surface area (Å²) in [7, 11) is 2.17. The van der Waals surface area contributed by atoms with Crippen LogP contribution in [0.3, 0.4) is 0 Å². The molecule has 248 valence electrons. The number of nitrogens with zero attached hydrogens (tertiary/aromatic N) is 5. The molecule has 0 bridgehead atoms. The van der Waals surface area contributed by atoms with E-state index in [1.54, 1.807) is 11.8 Å². The monoisotopic (exact) mass is 646 g/mol. The van der Waals surface area contributed by atoms with E-state index >= 15 is 0 Å². The number of fused-ring (bicyclic) bond motifs is 1. The van der Waals surface area contributed by atoms with Crippen LogP contribution in [0.2, 0.25) is 0 Å². The van der Waals surface area contributed by atoms with E-state index in [0.717, 1.165) is 56.7 Å². The maximum Gasteiger partial charge on any atom is 0.322 e. The van der Waals surface area contributed by atoms with Crippen molar-refractivity contribution in [1.82, 2.24) is 19.6 Å². The highest BCUT2D eigenvalue weighted by Crippen LogP contribution is 2.48. The fraction of sp³-hybridized carbons (Fsp3) is 0.583. The fourth-order valence-electron chi connectivity index (χ4n) is 7.22.